The van der Waals surface area contributed by atoms with E-state index in [0.717, 1.165) is 37.8 Å². The summed E-state index contributed by atoms with van der Waals surface area (Å²) in [4.78, 5) is 31.7. The number of hydrogen-bond acceptors (Lipinski definition) is 6. The van der Waals surface area contributed by atoms with E-state index in [-0.39, 0.29) is 24.3 Å². The Kier molecular flexibility index (Phi) is 9.45. The van der Waals surface area contributed by atoms with Crippen molar-refractivity contribution in [1.29, 1.82) is 0 Å². The van der Waals surface area contributed by atoms with Gasteiger partial charge in [0, 0.05) is 43.6 Å². The number of nitrogens with one attached hydrogen (secondary N) is 2. The number of methoxy groups -OCH3 is 1. The van der Waals surface area contributed by atoms with Crippen LogP contribution in [0.5, 0.6) is 5.88 Å². The third kappa shape index (κ3) is 7.48. The molecule has 2 heterocycles. The normalized spacial score (nSPS) is 23.8. The molecule has 1 aliphatic carbocycles. The van der Waals surface area contributed by atoms with E-state index in [0.29, 0.717) is 37.5 Å². The Morgan fingerprint density at radius 3 is 2.51 bits per heavy atom. The Labute approximate surface area is 226 Å². The third-order valence-electron chi connectivity index (χ3n) is 7.54. The Hall–Kier alpha value is -3.18. The summed E-state index contributed by atoms with van der Waals surface area (Å²) in [7, 11) is 1.60. The molecule has 11 heteroatoms. The lowest BCUT2D eigenvalue weighted by molar-refractivity contribution is -0.137. The van der Waals surface area contributed by atoms with Crippen LogP contribution in [-0.4, -0.2) is 73.2 Å². The highest BCUT2D eigenvalue weighted by molar-refractivity contribution is 5.96. The zero-order valence-corrected chi connectivity index (χ0v) is 22.2. The summed E-state index contributed by atoms with van der Waals surface area (Å²) in [5.41, 5.74) is 0.151. The molecule has 39 heavy (non-hydrogen) atoms. The summed E-state index contributed by atoms with van der Waals surface area (Å²) < 4.78 is 49.9. The minimum absolute atomic E-state index is 0.155. The fourth-order valence-electron chi connectivity index (χ4n) is 5.51. The van der Waals surface area contributed by atoms with Crippen LogP contribution in [-0.2, 0) is 15.7 Å². The van der Waals surface area contributed by atoms with Crippen LogP contribution in [0.25, 0.3) is 0 Å². The van der Waals surface area contributed by atoms with Crippen LogP contribution in [0.15, 0.2) is 42.6 Å². The third-order valence-corrected chi connectivity index (χ3v) is 7.54. The maximum atomic E-state index is 12.9. The molecule has 2 aromatic rings. The fraction of sp³-hybridized carbons (Fsp3) is 0.536. The summed E-state index contributed by atoms with van der Waals surface area (Å²) in [5, 5.41) is 5.36. The van der Waals surface area contributed by atoms with E-state index in [2.05, 4.69) is 26.6 Å². The lowest BCUT2D eigenvalue weighted by Gasteiger charge is -2.34. The largest absolute Gasteiger partial charge is 0.481 e. The minimum Gasteiger partial charge on any atom is -0.481 e. The molecule has 2 atom stereocenters. The van der Waals surface area contributed by atoms with Crippen molar-refractivity contribution in [2.24, 2.45) is 0 Å². The molecule has 2 aliphatic rings. The SMILES string of the molecule is CCO[C@@H]1CN(C2CCC(c3ccc(OC)nc3)CC2)C[C@@H]1NC(=O)CNC(=O)c1cccc(C(F)(F)F)c1. The summed E-state index contributed by atoms with van der Waals surface area (Å²) in [5.74, 6) is -0.0901. The molecule has 1 aliphatic heterocycles. The highest BCUT2D eigenvalue weighted by Crippen LogP contribution is 2.36. The van der Waals surface area contributed by atoms with Gasteiger partial charge in [0.15, 0.2) is 0 Å². The standard InChI is InChI=1S/C28H35F3N4O4/c1-3-39-24-17-35(22-10-7-18(8-11-22)20-9-12-26(38-2)32-14-20)16-23(24)34-25(36)15-33-27(37)19-5-4-6-21(13-19)28(29,30)31/h4-6,9,12-14,18,22-24H,3,7-8,10-11,15-17H2,1-2H3,(H,33,37)(H,34,36)/t18?,22?,23-,24+/m0/s1. The lowest BCUT2D eigenvalue weighted by Crippen LogP contribution is -2.48. The highest BCUT2D eigenvalue weighted by atomic mass is 19.4. The molecular weight excluding hydrogens is 513 g/mol. The fourth-order valence-corrected chi connectivity index (χ4v) is 5.51. The van der Waals surface area contributed by atoms with Crippen LogP contribution >= 0.6 is 0 Å². The second-order valence-electron chi connectivity index (χ2n) is 10.0. The summed E-state index contributed by atoms with van der Waals surface area (Å²) >= 11 is 0. The number of carbonyl (C=O) groups is 2. The maximum absolute atomic E-state index is 12.9. The number of pyridine rings is 1. The van der Waals surface area contributed by atoms with Crippen LogP contribution in [0.2, 0.25) is 0 Å². The molecule has 8 nitrogen and oxygen atoms in total. The molecule has 4 rings (SSSR count). The van der Waals surface area contributed by atoms with E-state index < -0.39 is 23.6 Å². The number of nitrogens with zero attached hydrogens (tertiary/aromatic N) is 2. The smallest absolute Gasteiger partial charge is 0.416 e. The molecule has 0 bridgehead atoms. The number of carbonyl (C=O) groups excluding carboxylic acids is 2. The molecule has 212 valence electrons. The molecule has 0 radical (unpaired) electrons. The topological polar surface area (TPSA) is 92.8 Å². The predicted octanol–water partition coefficient (Wildman–Crippen LogP) is 3.77. The predicted molar refractivity (Wildman–Crippen MR) is 138 cm³/mol. The number of hydrogen-bond donors (Lipinski definition) is 2. The molecular formula is C28H35F3N4O4. The Morgan fingerprint density at radius 1 is 1.10 bits per heavy atom. The molecule has 1 aromatic carbocycles. The van der Waals surface area contributed by atoms with Crippen LogP contribution in [0.1, 0.15) is 60.0 Å². The first-order valence-corrected chi connectivity index (χ1v) is 13.3. The molecule has 2 N–H and O–H groups in total. The Bertz CT molecular complexity index is 1120. The second kappa shape index (κ2) is 12.8. The number of likely N-dealkylation sites (tertiary alicyclic amines) is 1. The van der Waals surface area contributed by atoms with Crippen LogP contribution in [0.4, 0.5) is 13.2 Å². The molecule has 2 fully saturated rings. The zero-order chi connectivity index (χ0) is 28.0. The number of rotatable bonds is 9. The van der Waals surface area contributed by atoms with Gasteiger partial charge in [0.1, 0.15) is 0 Å². The van der Waals surface area contributed by atoms with E-state index in [9.17, 15) is 22.8 Å². The first-order valence-electron chi connectivity index (χ1n) is 13.3. The van der Waals surface area contributed by atoms with Crippen molar-refractivity contribution >= 4 is 11.8 Å². The quantitative estimate of drug-likeness (QED) is 0.496. The van der Waals surface area contributed by atoms with Crippen molar-refractivity contribution in [3.63, 3.8) is 0 Å². The summed E-state index contributed by atoms with van der Waals surface area (Å²) in [6.07, 6.45) is 1.32. The molecule has 0 spiro atoms. The van der Waals surface area contributed by atoms with Gasteiger partial charge < -0.3 is 20.1 Å². The molecule has 1 saturated carbocycles. The van der Waals surface area contributed by atoms with Crippen LogP contribution < -0.4 is 15.4 Å². The van der Waals surface area contributed by atoms with Crippen LogP contribution in [0, 0.1) is 0 Å². The number of benzene rings is 1. The molecule has 2 amide bonds. The van der Waals surface area contributed by atoms with Crippen molar-refractivity contribution < 1.29 is 32.2 Å². The van der Waals surface area contributed by atoms with Gasteiger partial charge in [-0.25, -0.2) is 4.98 Å². The van der Waals surface area contributed by atoms with E-state index in [1.807, 2.05) is 19.2 Å². The van der Waals surface area contributed by atoms with Gasteiger partial charge in [-0.3, -0.25) is 14.5 Å². The van der Waals surface area contributed by atoms with Gasteiger partial charge in [0.05, 0.1) is 31.4 Å². The Morgan fingerprint density at radius 2 is 1.87 bits per heavy atom. The number of alkyl halides is 3. The van der Waals surface area contributed by atoms with Crippen LogP contribution in [0.3, 0.4) is 0 Å². The minimum atomic E-state index is -4.55. The van der Waals surface area contributed by atoms with Crippen molar-refractivity contribution in [2.45, 2.75) is 62.9 Å². The number of halogens is 3. The highest BCUT2D eigenvalue weighted by Gasteiger charge is 2.39. The van der Waals surface area contributed by atoms with E-state index in [4.69, 9.17) is 9.47 Å². The number of ether oxygens (including phenoxy) is 2. The van der Waals surface area contributed by atoms with Gasteiger partial charge in [0.2, 0.25) is 11.8 Å². The molecule has 1 aromatic heterocycles. The zero-order valence-electron chi connectivity index (χ0n) is 22.2. The van der Waals surface area contributed by atoms with E-state index >= 15 is 0 Å². The van der Waals surface area contributed by atoms with Gasteiger partial charge >= 0.3 is 6.18 Å². The monoisotopic (exact) mass is 548 g/mol. The number of aromatic nitrogens is 1. The average Bonchev–Trinajstić information content (AvgIpc) is 3.33. The van der Waals surface area contributed by atoms with Gasteiger partial charge in [-0.2, -0.15) is 13.2 Å². The molecule has 0 unspecified atom stereocenters. The van der Waals surface area contributed by atoms with Crippen molar-refractivity contribution in [3.8, 4) is 5.88 Å². The number of amides is 2. The van der Waals surface area contributed by atoms with Gasteiger partial charge in [0.25, 0.3) is 5.91 Å². The maximum Gasteiger partial charge on any atom is 0.416 e. The van der Waals surface area contributed by atoms with Crippen molar-refractivity contribution in [2.75, 3.05) is 33.4 Å². The first kappa shape index (κ1) is 28.8. The molecule has 1 saturated heterocycles. The van der Waals surface area contributed by atoms with Gasteiger partial charge in [-0.1, -0.05) is 12.1 Å². The first-order chi connectivity index (χ1) is 18.7. The second-order valence-corrected chi connectivity index (χ2v) is 10.0. The van der Waals surface area contributed by atoms with Crippen molar-refractivity contribution in [3.05, 3.63) is 59.3 Å². The summed E-state index contributed by atoms with van der Waals surface area (Å²) in [6.45, 7) is 3.41. The van der Waals surface area contributed by atoms with E-state index in [1.165, 1.54) is 17.7 Å². The average molecular weight is 549 g/mol. The van der Waals surface area contributed by atoms with Gasteiger partial charge in [-0.15, -0.1) is 0 Å². The Balaban J connectivity index is 1.27. The van der Waals surface area contributed by atoms with Crippen molar-refractivity contribution in [1.82, 2.24) is 20.5 Å². The van der Waals surface area contributed by atoms with E-state index in [1.54, 1.807) is 7.11 Å². The lowest BCUT2D eigenvalue weighted by atomic mass is 9.82. The summed E-state index contributed by atoms with van der Waals surface area (Å²) in [6, 6.07) is 8.23. The van der Waals surface area contributed by atoms with Gasteiger partial charge in [-0.05, 0) is 62.3 Å².